The second kappa shape index (κ2) is 6.02. The summed E-state index contributed by atoms with van der Waals surface area (Å²) in [6.45, 7) is 6.12. The lowest BCUT2D eigenvalue weighted by Gasteiger charge is -2.36. The highest BCUT2D eigenvalue weighted by Gasteiger charge is 2.33. The van der Waals surface area contributed by atoms with Crippen molar-refractivity contribution in [2.75, 3.05) is 13.1 Å². The number of ether oxygens (including phenoxy) is 1. The highest BCUT2D eigenvalue weighted by molar-refractivity contribution is 5.68. The molecule has 0 radical (unpaired) electrons. The first kappa shape index (κ1) is 15.8. The van der Waals surface area contributed by atoms with Crippen LogP contribution in [0.3, 0.4) is 0 Å². The maximum absolute atomic E-state index is 13.3. The number of β-amino-alcohol motifs (C(OH)–C–C–N with tert-alkyl or cyclic N) is 1. The van der Waals surface area contributed by atoms with E-state index in [1.807, 2.05) is 0 Å². The van der Waals surface area contributed by atoms with Gasteiger partial charge in [0.05, 0.1) is 12.6 Å². The van der Waals surface area contributed by atoms with Crippen molar-refractivity contribution in [2.24, 2.45) is 0 Å². The number of amides is 1. The molecular formula is C16H22FNO3. The molecule has 0 aliphatic carbocycles. The predicted molar refractivity (Wildman–Crippen MR) is 77.6 cm³/mol. The zero-order valence-corrected chi connectivity index (χ0v) is 12.7. The van der Waals surface area contributed by atoms with E-state index in [1.54, 1.807) is 32.9 Å². The monoisotopic (exact) mass is 295 g/mol. The summed E-state index contributed by atoms with van der Waals surface area (Å²) in [4.78, 5) is 13.5. The molecule has 1 saturated heterocycles. The predicted octanol–water partition coefficient (Wildman–Crippen LogP) is 2.91. The molecule has 0 saturated carbocycles. The van der Waals surface area contributed by atoms with Crippen molar-refractivity contribution in [3.8, 4) is 0 Å². The first-order chi connectivity index (χ1) is 9.76. The lowest BCUT2D eigenvalue weighted by Crippen LogP contribution is -2.47. The van der Waals surface area contributed by atoms with E-state index in [0.29, 0.717) is 13.0 Å². The van der Waals surface area contributed by atoms with E-state index in [9.17, 15) is 14.3 Å². The second-order valence-electron chi connectivity index (χ2n) is 6.44. The zero-order valence-electron chi connectivity index (χ0n) is 12.7. The van der Waals surface area contributed by atoms with Crippen molar-refractivity contribution < 1.29 is 19.0 Å². The molecule has 1 aliphatic rings. The molecule has 0 spiro atoms. The maximum atomic E-state index is 13.3. The van der Waals surface area contributed by atoms with Gasteiger partial charge in [0.25, 0.3) is 0 Å². The van der Waals surface area contributed by atoms with Crippen LogP contribution in [0.15, 0.2) is 24.3 Å². The van der Waals surface area contributed by atoms with Crippen molar-refractivity contribution in [1.82, 2.24) is 4.90 Å². The van der Waals surface area contributed by atoms with Gasteiger partial charge in [0, 0.05) is 12.5 Å². The van der Waals surface area contributed by atoms with E-state index >= 15 is 0 Å². The Morgan fingerprint density at radius 1 is 1.43 bits per heavy atom. The maximum Gasteiger partial charge on any atom is 0.410 e. The quantitative estimate of drug-likeness (QED) is 0.866. The van der Waals surface area contributed by atoms with Crippen LogP contribution < -0.4 is 0 Å². The Hall–Kier alpha value is -1.62. The van der Waals surface area contributed by atoms with Crippen LogP contribution in [0.25, 0.3) is 0 Å². The van der Waals surface area contributed by atoms with E-state index in [2.05, 4.69) is 0 Å². The number of aliphatic hydroxyl groups excluding tert-OH is 1. The summed E-state index contributed by atoms with van der Waals surface area (Å²) in [6, 6.07) is 6.26. The highest BCUT2D eigenvalue weighted by Crippen LogP contribution is 2.29. The summed E-state index contributed by atoms with van der Waals surface area (Å²) < 4.78 is 18.6. The van der Waals surface area contributed by atoms with Gasteiger partial charge in [0.1, 0.15) is 11.4 Å². The molecule has 1 aromatic rings. The molecule has 2 rings (SSSR count). The van der Waals surface area contributed by atoms with Gasteiger partial charge >= 0.3 is 6.09 Å². The number of halogens is 1. The van der Waals surface area contributed by atoms with Crippen LogP contribution in [0, 0.1) is 5.82 Å². The summed E-state index contributed by atoms with van der Waals surface area (Å²) in [6.07, 6.45) is -0.545. The van der Waals surface area contributed by atoms with Gasteiger partial charge in [0.2, 0.25) is 0 Å². The van der Waals surface area contributed by atoms with E-state index in [-0.39, 0.29) is 18.3 Å². The number of likely N-dealkylation sites (tertiary alicyclic amines) is 1. The Morgan fingerprint density at radius 2 is 2.14 bits per heavy atom. The molecule has 0 aromatic heterocycles. The third kappa shape index (κ3) is 4.17. The Morgan fingerprint density at radius 3 is 2.71 bits per heavy atom. The molecular weight excluding hydrogens is 273 g/mol. The summed E-state index contributed by atoms with van der Waals surface area (Å²) in [5.41, 5.74) is 0.216. The summed E-state index contributed by atoms with van der Waals surface area (Å²) in [7, 11) is 0. The Bertz CT molecular complexity index is 512. The van der Waals surface area contributed by atoms with Crippen LogP contribution in [-0.4, -0.2) is 40.9 Å². The minimum absolute atomic E-state index is 0.153. The average molecular weight is 295 g/mol. The molecule has 1 aliphatic heterocycles. The Labute approximate surface area is 124 Å². The van der Waals surface area contributed by atoms with E-state index in [1.165, 1.54) is 17.0 Å². The molecule has 0 unspecified atom stereocenters. The topological polar surface area (TPSA) is 49.8 Å². The Balaban J connectivity index is 2.01. The van der Waals surface area contributed by atoms with Crippen LogP contribution in [0.2, 0.25) is 0 Å². The SMILES string of the molecule is CC(C)(C)OC(=O)N1CC[C@H](c2cccc(F)c2)[C@H](O)C1. The van der Waals surface area contributed by atoms with Gasteiger partial charge in [-0.1, -0.05) is 12.1 Å². The fourth-order valence-corrected chi connectivity index (χ4v) is 2.55. The van der Waals surface area contributed by atoms with Gasteiger partial charge in [-0.2, -0.15) is 0 Å². The molecule has 21 heavy (non-hydrogen) atoms. The first-order valence-corrected chi connectivity index (χ1v) is 7.18. The molecule has 2 atom stereocenters. The molecule has 5 heteroatoms. The van der Waals surface area contributed by atoms with E-state index in [0.717, 1.165) is 5.56 Å². The standard InChI is InChI=1S/C16H22FNO3/c1-16(2,3)21-15(20)18-8-7-13(14(19)10-18)11-5-4-6-12(17)9-11/h4-6,9,13-14,19H,7-8,10H2,1-3H3/t13-,14-/m1/s1. The average Bonchev–Trinajstić information content (AvgIpc) is 2.36. The number of carbonyl (C=O) groups is 1. The third-order valence-corrected chi connectivity index (χ3v) is 3.51. The fraction of sp³-hybridized carbons (Fsp3) is 0.562. The third-order valence-electron chi connectivity index (χ3n) is 3.51. The minimum Gasteiger partial charge on any atom is -0.444 e. The molecule has 1 fully saturated rings. The molecule has 1 N–H and O–H groups in total. The molecule has 4 nitrogen and oxygen atoms in total. The molecule has 116 valence electrons. The second-order valence-corrected chi connectivity index (χ2v) is 6.44. The summed E-state index contributed by atoms with van der Waals surface area (Å²) in [5, 5.41) is 10.3. The highest BCUT2D eigenvalue weighted by atomic mass is 19.1. The number of piperidine rings is 1. The Kier molecular flexibility index (Phi) is 4.52. The van der Waals surface area contributed by atoms with Crippen LogP contribution >= 0.6 is 0 Å². The van der Waals surface area contributed by atoms with Gasteiger partial charge in [-0.05, 0) is 44.9 Å². The smallest absolute Gasteiger partial charge is 0.410 e. The largest absolute Gasteiger partial charge is 0.444 e. The number of hydrogen-bond donors (Lipinski definition) is 1. The summed E-state index contributed by atoms with van der Waals surface area (Å²) in [5.74, 6) is -0.464. The normalized spacial score (nSPS) is 23.0. The number of aliphatic hydroxyl groups is 1. The van der Waals surface area contributed by atoms with Crippen LogP contribution in [0.5, 0.6) is 0 Å². The molecule has 1 aromatic carbocycles. The molecule has 1 heterocycles. The van der Waals surface area contributed by atoms with Gasteiger partial charge < -0.3 is 14.7 Å². The van der Waals surface area contributed by atoms with Crippen molar-refractivity contribution in [3.05, 3.63) is 35.6 Å². The van der Waals surface area contributed by atoms with E-state index < -0.39 is 17.8 Å². The van der Waals surface area contributed by atoms with Crippen molar-refractivity contribution in [3.63, 3.8) is 0 Å². The van der Waals surface area contributed by atoms with Gasteiger partial charge in [-0.3, -0.25) is 0 Å². The number of rotatable bonds is 1. The number of hydrogen-bond acceptors (Lipinski definition) is 3. The van der Waals surface area contributed by atoms with E-state index in [4.69, 9.17) is 4.74 Å². The van der Waals surface area contributed by atoms with Crippen molar-refractivity contribution in [1.29, 1.82) is 0 Å². The fourth-order valence-electron chi connectivity index (χ4n) is 2.55. The lowest BCUT2D eigenvalue weighted by atomic mass is 9.87. The van der Waals surface area contributed by atoms with Gasteiger partial charge in [-0.15, -0.1) is 0 Å². The number of nitrogens with zero attached hydrogens (tertiary/aromatic N) is 1. The van der Waals surface area contributed by atoms with Gasteiger partial charge in [-0.25, -0.2) is 9.18 Å². The molecule has 0 bridgehead atoms. The minimum atomic E-state index is -0.715. The van der Waals surface area contributed by atoms with Crippen molar-refractivity contribution in [2.45, 2.75) is 44.8 Å². The zero-order chi connectivity index (χ0) is 15.6. The van der Waals surface area contributed by atoms with Crippen LogP contribution in [-0.2, 0) is 4.74 Å². The first-order valence-electron chi connectivity index (χ1n) is 7.18. The van der Waals surface area contributed by atoms with Crippen molar-refractivity contribution >= 4 is 6.09 Å². The number of benzene rings is 1. The van der Waals surface area contributed by atoms with Gasteiger partial charge in [0.15, 0.2) is 0 Å². The van der Waals surface area contributed by atoms with Crippen LogP contribution in [0.4, 0.5) is 9.18 Å². The lowest BCUT2D eigenvalue weighted by molar-refractivity contribution is -0.00154. The number of carbonyl (C=O) groups excluding carboxylic acids is 1. The van der Waals surface area contributed by atoms with Crippen LogP contribution in [0.1, 0.15) is 38.7 Å². The molecule has 1 amide bonds. The summed E-state index contributed by atoms with van der Waals surface area (Å²) >= 11 is 0.